The average molecular weight is 368 g/mol. The van der Waals surface area contributed by atoms with E-state index in [1.807, 2.05) is 54.1 Å². The third kappa shape index (κ3) is 3.50. The smallest absolute Gasteiger partial charge is 0.226 e. The molecule has 0 aliphatic carbocycles. The van der Waals surface area contributed by atoms with E-state index >= 15 is 0 Å². The van der Waals surface area contributed by atoms with Gasteiger partial charge in [0.25, 0.3) is 0 Å². The van der Waals surface area contributed by atoms with Gasteiger partial charge in [0.2, 0.25) is 5.91 Å². The molecule has 1 aromatic carbocycles. The molecule has 4 rings (SSSR count). The molecule has 1 N–H and O–H groups in total. The highest BCUT2D eigenvalue weighted by Crippen LogP contribution is 2.26. The molecule has 0 unspecified atom stereocenters. The second kappa shape index (κ2) is 6.82. The Hall–Kier alpha value is -2.44. The summed E-state index contributed by atoms with van der Waals surface area (Å²) in [5.74, 6) is 0.696. The van der Waals surface area contributed by atoms with Gasteiger partial charge in [0.15, 0.2) is 0 Å². The zero-order valence-electron chi connectivity index (χ0n) is 13.6. The fraction of sp³-hybridized carbons (Fsp3) is 0.158. The van der Waals surface area contributed by atoms with Crippen LogP contribution >= 0.6 is 22.7 Å². The number of nitrogens with one attached hydrogen (secondary N) is 1. The summed E-state index contributed by atoms with van der Waals surface area (Å²) in [7, 11) is 0. The molecule has 3 aromatic heterocycles. The first-order chi connectivity index (χ1) is 12.2. The maximum atomic E-state index is 12.3. The molecule has 0 saturated heterocycles. The third-order valence-electron chi connectivity index (χ3n) is 3.91. The van der Waals surface area contributed by atoms with Gasteiger partial charge in [-0.2, -0.15) is 11.3 Å². The number of hydrogen-bond donors (Lipinski definition) is 1. The van der Waals surface area contributed by atoms with Gasteiger partial charge in [-0.25, -0.2) is 4.98 Å². The van der Waals surface area contributed by atoms with Crippen molar-refractivity contribution in [3.63, 3.8) is 0 Å². The van der Waals surface area contributed by atoms with Gasteiger partial charge < -0.3 is 9.73 Å². The lowest BCUT2D eigenvalue weighted by Crippen LogP contribution is -2.27. The molecule has 6 heteroatoms. The minimum Gasteiger partial charge on any atom is -0.459 e. The number of rotatable bonds is 5. The lowest BCUT2D eigenvalue weighted by Gasteiger charge is -2.10. The Morgan fingerprint density at radius 3 is 2.96 bits per heavy atom. The van der Waals surface area contributed by atoms with Crippen LogP contribution in [0.5, 0.6) is 0 Å². The van der Waals surface area contributed by atoms with E-state index in [-0.39, 0.29) is 18.4 Å². The summed E-state index contributed by atoms with van der Waals surface area (Å²) in [5.41, 5.74) is 2.73. The molecular formula is C19H16N2O2S2. The number of fused-ring (bicyclic) bond motifs is 1. The molecule has 0 radical (unpaired) electrons. The van der Waals surface area contributed by atoms with Gasteiger partial charge in [-0.3, -0.25) is 4.79 Å². The van der Waals surface area contributed by atoms with E-state index in [2.05, 4.69) is 15.7 Å². The van der Waals surface area contributed by atoms with Crippen molar-refractivity contribution in [1.29, 1.82) is 0 Å². The Balaban J connectivity index is 1.41. The molecule has 1 atom stereocenters. The Labute approximate surface area is 153 Å². The SMILES string of the molecule is C[C@H](NC(=O)Cc1csc(-c2ccsc2)n1)c1cc2ccccc2o1. The van der Waals surface area contributed by atoms with E-state index in [0.29, 0.717) is 0 Å². The second-order valence-electron chi connectivity index (χ2n) is 5.81. The van der Waals surface area contributed by atoms with E-state index in [1.54, 1.807) is 22.7 Å². The van der Waals surface area contributed by atoms with Crippen molar-refractivity contribution >= 4 is 39.5 Å². The lowest BCUT2D eigenvalue weighted by atomic mass is 10.2. The van der Waals surface area contributed by atoms with Crippen LogP contribution in [0.3, 0.4) is 0 Å². The van der Waals surface area contributed by atoms with E-state index in [0.717, 1.165) is 33.0 Å². The average Bonchev–Trinajstić information content (AvgIpc) is 3.34. The first-order valence-corrected chi connectivity index (χ1v) is 9.76. The summed E-state index contributed by atoms with van der Waals surface area (Å²) in [6.45, 7) is 1.92. The van der Waals surface area contributed by atoms with Gasteiger partial charge in [0.1, 0.15) is 16.4 Å². The topological polar surface area (TPSA) is 55.1 Å². The van der Waals surface area contributed by atoms with Gasteiger partial charge in [0.05, 0.1) is 18.2 Å². The van der Waals surface area contributed by atoms with Gasteiger partial charge in [-0.05, 0) is 30.5 Å². The molecule has 0 bridgehead atoms. The molecule has 126 valence electrons. The number of aromatic nitrogens is 1. The first-order valence-electron chi connectivity index (χ1n) is 7.94. The summed E-state index contributed by atoms with van der Waals surface area (Å²) in [4.78, 5) is 16.9. The summed E-state index contributed by atoms with van der Waals surface area (Å²) < 4.78 is 5.81. The van der Waals surface area contributed by atoms with Crippen LogP contribution in [0.15, 0.2) is 57.0 Å². The normalized spacial score (nSPS) is 12.4. The molecular weight excluding hydrogens is 352 g/mol. The Bertz CT molecular complexity index is 968. The van der Waals surface area contributed by atoms with Crippen LogP contribution in [0.1, 0.15) is 24.4 Å². The van der Waals surface area contributed by atoms with Crippen molar-refractivity contribution in [2.45, 2.75) is 19.4 Å². The van der Waals surface area contributed by atoms with Crippen molar-refractivity contribution in [3.8, 4) is 10.6 Å². The molecule has 3 heterocycles. The number of benzene rings is 1. The largest absolute Gasteiger partial charge is 0.459 e. The minimum atomic E-state index is -0.185. The third-order valence-corrected chi connectivity index (χ3v) is 5.53. The Kier molecular flexibility index (Phi) is 4.38. The molecule has 4 nitrogen and oxygen atoms in total. The van der Waals surface area contributed by atoms with Crippen molar-refractivity contribution < 1.29 is 9.21 Å². The molecule has 0 aliphatic rings. The number of amides is 1. The highest BCUT2D eigenvalue weighted by atomic mass is 32.1. The maximum Gasteiger partial charge on any atom is 0.226 e. The van der Waals surface area contributed by atoms with Crippen molar-refractivity contribution in [2.75, 3.05) is 0 Å². The summed E-state index contributed by atoms with van der Waals surface area (Å²) in [6.07, 6.45) is 0.269. The second-order valence-corrected chi connectivity index (χ2v) is 7.45. The Morgan fingerprint density at radius 2 is 2.16 bits per heavy atom. The van der Waals surface area contributed by atoms with Crippen LogP contribution < -0.4 is 5.32 Å². The van der Waals surface area contributed by atoms with Crippen molar-refractivity contribution in [1.82, 2.24) is 10.3 Å². The summed E-state index contributed by atoms with van der Waals surface area (Å²) in [6, 6.07) is 11.7. The number of thiazole rings is 1. The zero-order chi connectivity index (χ0) is 17.2. The molecule has 0 aliphatic heterocycles. The molecule has 0 fully saturated rings. The van der Waals surface area contributed by atoms with Crippen LogP contribution in [0.4, 0.5) is 0 Å². The maximum absolute atomic E-state index is 12.3. The zero-order valence-corrected chi connectivity index (χ0v) is 15.2. The number of hydrogen-bond acceptors (Lipinski definition) is 5. The standard InChI is InChI=1S/C19H16N2O2S2/c1-12(17-8-13-4-2-3-5-16(13)23-17)20-18(22)9-15-11-25-19(21-15)14-6-7-24-10-14/h2-8,10-12H,9H2,1H3,(H,20,22)/t12-/m0/s1. The van der Waals surface area contributed by atoms with E-state index in [9.17, 15) is 4.79 Å². The number of thiophene rings is 1. The molecule has 0 saturated carbocycles. The van der Waals surface area contributed by atoms with E-state index in [1.165, 1.54) is 0 Å². The van der Waals surface area contributed by atoms with E-state index in [4.69, 9.17) is 4.42 Å². The molecule has 1 amide bonds. The quantitative estimate of drug-likeness (QED) is 0.537. The lowest BCUT2D eigenvalue weighted by molar-refractivity contribution is -0.121. The Morgan fingerprint density at radius 1 is 1.28 bits per heavy atom. The molecule has 25 heavy (non-hydrogen) atoms. The van der Waals surface area contributed by atoms with Gasteiger partial charge >= 0.3 is 0 Å². The highest BCUT2D eigenvalue weighted by Gasteiger charge is 2.15. The monoisotopic (exact) mass is 368 g/mol. The minimum absolute atomic E-state index is 0.0601. The fourth-order valence-corrected chi connectivity index (χ4v) is 4.18. The summed E-state index contributed by atoms with van der Waals surface area (Å²) >= 11 is 3.21. The number of furan rings is 1. The van der Waals surface area contributed by atoms with Crippen LogP contribution in [0.25, 0.3) is 21.5 Å². The van der Waals surface area contributed by atoms with Gasteiger partial charge in [-0.1, -0.05) is 18.2 Å². The van der Waals surface area contributed by atoms with Crippen molar-refractivity contribution in [3.05, 3.63) is 64.0 Å². The van der Waals surface area contributed by atoms with Gasteiger partial charge in [0, 0.05) is 21.7 Å². The predicted octanol–water partition coefficient (Wildman–Crippen LogP) is 5.04. The first kappa shape index (κ1) is 16.1. The molecule has 4 aromatic rings. The van der Waals surface area contributed by atoms with Crippen LogP contribution in [0, 0.1) is 0 Å². The molecule has 0 spiro atoms. The number of carbonyl (C=O) groups is 1. The number of para-hydroxylation sites is 1. The summed E-state index contributed by atoms with van der Waals surface area (Å²) in [5, 5.41) is 11.0. The van der Waals surface area contributed by atoms with Crippen LogP contribution in [-0.2, 0) is 11.2 Å². The van der Waals surface area contributed by atoms with Gasteiger partial charge in [-0.15, -0.1) is 11.3 Å². The predicted molar refractivity (Wildman–Crippen MR) is 102 cm³/mol. The van der Waals surface area contributed by atoms with Crippen molar-refractivity contribution in [2.24, 2.45) is 0 Å². The van der Waals surface area contributed by atoms with Crippen LogP contribution in [0.2, 0.25) is 0 Å². The highest BCUT2D eigenvalue weighted by molar-refractivity contribution is 7.14. The number of carbonyl (C=O) groups excluding carboxylic acids is 1. The number of nitrogens with zero attached hydrogens (tertiary/aromatic N) is 1. The van der Waals surface area contributed by atoms with Crippen LogP contribution in [-0.4, -0.2) is 10.9 Å². The fourth-order valence-electron chi connectivity index (χ4n) is 2.65. The van der Waals surface area contributed by atoms with E-state index < -0.39 is 0 Å².